The summed E-state index contributed by atoms with van der Waals surface area (Å²) in [6.07, 6.45) is 1.52. The van der Waals surface area contributed by atoms with Crippen molar-refractivity contribution in [2.24, 2.45) is 5.73 Å². The molecule has 0 bridgehead atoms. The Bertz CT molecular complexity index is 1120. The van der Waals surface area contributed by atoms with Crippen molar-refractivity contribution >= 4 is 23.0 Å². The van der Waals surface area contributed by atoms with Gasteiger partial charge in [-0.3, -0.25) is 9.36 Å². The second-order valence-electron chi connectivity index (χ2n) is 5.81. The maximum Gasteiger partial charge on any atom is 0.284 e. The van der Waals surface area contributed by atoms with E-state index in [1.165, 1.54) is 6.26 Å². The molecule has 0 saturated carbocycles. The summed E-state index contributed by atoms with van der Waals surface area (Å²) < 4.78 is 12.2. The van der Waals surface area contributed by atoms with Crippen molar-refractivity contribution in [1.82, 2.24) is 19.5 Å². The Morgan fingerprint density at radius 2 is 1.96 bits per heavy atom. The van der Waals surface area contributed by atoms with E-state index in [0.29, 0.717) is 29.2 Å². The second-order valence-corrected chi connectivity index (χ2v) is 5.81. The average molecular weight is 364 g/mol. The summed E-state index contributed by atoms with van der Waals surface area (Å²) in [6.45, 7) is 0.326. The van der Waals surface area contributed by atoms with E-state index >= 15 is 0 Å². The fourth-order valence-corrected chi connectivity index (χ4v) is 2.85. The minimum atomic E-state index is -0.675. The van der Waals surface area contributed by atoms with E-state index in [1.54, 1.807) is 23.8 Å². The molecule has 0 unspecified atom stereocenters. The fraction of sp³-hybridized carbons (Fsp3) is 0.111. The molecule has 27 heavy (non-hydrogen) atoms. The fourth-order valence-electron chi connectivity index (χ4n) is 2.85. The lowest BCUT2D eigenvalue weighted by Gasteiger charge is -2.08. The summed E-state index contributed by atoms with van der Waals surface area (Å²) in [5.41, 5.74) is 13.5. The van der Waals surface area contributed by atoms with Crippen LogP contribution in [0.15, 0.2) is 47.1 Å². The van der Waals surface area contributed by atoms with Gasteiger partial charge in [-0.1, -0.05) is 12.1 Å². The van der Waals surface area contributed by atoms with Crippen LogP contribution in [0.5, 0.6) is 5.75 Å². The number of amides is 1. The Kier molecular flexibility index (Phi) is 3.96. The monoisotopic (exact) mass is 364 g/mol. The number of fused-ring (bicyclic) bond motifs is 1. The zero-order chi connectivity index (χ0) is 19.0. The highest BCUT2D eigenvalue weighted by molar-refractivity contribution is 5.96. The van der Waals surface area contributed by atoms with Gasteiger partial charge in [0.2, 0.25) is 11.8 Å². The molecule has 4 aromatic rings. The van der Waals surface area contributed by atoms with Crippen molar-refractivity contribution in [3.8, 4) is 17.2 Å². The van der Waals surface area contributed by atoms with Gasteiger partial charge in [0, 0.05) is 0 Å². The van der Waals surface area contributed by atoms with Crippen LogP contribution in [0.25, 0.3) is 22.6 Å². The van der Waals surface area contributed by atoms with Gasteiger partial charge in [-0.25, -0.2) is 9.97 Å². The van der Waals surface area contributed by atoms with Crippen molar-refractivity contribution in [1.29, 1.82) is 0 Å². The van der Waals surface area contributed by atoms with Crippen LogP contribution < -0.4 is 16.2 Å². The molecule has 0 fully saturated rings. The summed E-state index contributed by atoms with van der Waals surface area (Å²) in [5.74, 6) is 0.634. The van der Waals surface area contributed by atoms with Crippen molar-refractivity contribution in [2.75, 3.05) is 12.8 Å². The van der Waals surface area contributed by atoms with Crippen molar-refractivity contribution < 1.29 is 13.9 Å². The maximum absolute atomic E-state index is 12.0. The number of imidazole rings is 1. The zero-order valence-corrected chi connectivity index (χ0v) is 14.4. The number of hydrogen-bond acceptors (Lipinski definition) is 7. The number of carbonyl (C=O) groups is 1. The molecule has 0 atom stereocenters. The summed E-state index contributed by atoms with van der Waals surface area (Å²) >= 11 is 0. The molecule has 4 N–H and O–H groups in total. The van der Waals surface area contributed by atoms with E-state index in [1.807, 2.05) is 24.3 Å². The zero-order valence-electron chi connectivity index (χ0n) is 14.4. The van der Waals surface area contributed by atoms with Crippen LogP contribution in [-0.2, 0) is 6.54 Å². The van der Waals surface area contributed by atoms with Gasteiger partial charge in [-0.2, -0.15) is 4.98 Å². The molecule has 3 aromatic heterocycles. The van der Waals surface area contributed by atoms with E-state index in [-0.39, 0.29) is 11.8 Å². The number of benzene rings is 1. The van der Waals surface area contributed by atoms with Gasteiger partial charge >= 0.3 is 0 Å². The minimum Gasteiger partial charge on any atom is -0.497 e. The molecule has 0 saturated heterocycles. The van der Waals surface area contributed by atoms with Crippen LogP contribution in [0.2, 0.25) is 0 Å². The first-order valence-electron chi connectivity index (χ1n) is 8.07. The van der Waals surface area contributed by atoms with Crippen LogP contribution in [0.3, 0.4) is 0 Å². The third kappa shape index (κ3) is 2.95. The van der Waals surface area contributed by atoms with Gasteiger partial charge in [0.15, 0.2) is 11.4 Å². The number of nitrogens with two attached hydrogens (primary N) is 2. The highest BCUT2D eigenvalue weighted by Crippen LogP contribution is 2.28. The number of carbonyl (C=O) groups excluding carboxylic acids is 1. The molecule has 9 heteroatoms. The van der Waals surface area contributed by atoms with Crippen LogP contribution in [0, 0.1) is 0 Å². The van der Waals surface area contributed by atoms with Gasteiger partial charge in [0.05, 0.1) is 19.9 Å². The Hall–Kier alpha value is -3.88. The van der Waals surface area contributed by atoms with E-state index in [2.05, 4.69) is 15.0 Å². The highest BCUT2D eigenvalue weighted by Gasteiger charge is 2.22. The van der Waals surface area contributed by atoms with E-state index in [0.717, 1.165) is 11.3 Å². The predicted molar refractivity (Wildman–Crippen MR) is 98.1 cm³/mol. The quantitative estimate of drug-likeness (QED) is 0.551. The lowest BCUT2D eigenvalue weighted by molar-refractivity contribution is 0.0987. The maximum atomic E-state index is 12.0. The number of nitrogen functional groups attached to an aromatic ring is 1. The SMILES string of the molecule is COc1ccc(Cn2c(C(N)=O)nc3c(-c4ccco4)nc(N)nc32)cc1. The average Bonchev–Trinajstić information content (AvgIpc) is 3.30. The third-order valence-electron chi connectivity index (χ3n) is 4.09. The van der Waals surface area contributed by atoms with Gasteiger partial charge in [0.25, 0.3) is 5.91 Å². The largest absolute Gasteiger partial charge is 0.497 e. The summed E-state index contributed by atoms with van der Waals surface area (Å²) in [5, 5.41) is 0. The van der Waals surface area contributed by atoms with Crippen LogP contribution in [0.1, 0.15) is 16.2 Å². The summed E-state index contributed by atoms with van der Waals surface area (Å²) in [7, 11) is 1.60. The Morgan fingerprint density at radius 1 is 1.19 bits per heavy atom. The molecular weight excluding hydrogens is 348 g/mol. The highest BCUT2D eigenvalue weighted by atomic mass is 16.5. The normalized spacial score (nSPS) is 11.0. The summed E-state index contributed by atoms with van der Waals surface area (Å²) in [4.78, 5) is 24.8. The number of ether oxygens (including phenoxy) is 1. The number of aromatic nitrogens is 4. The molecule has 1 aromatic carbocycles. The van der Waals surface area contributed by atoms with Crippen LogP contribution in [-0.4, -0.2) is 32.5 Å². The molecular formula is C18H16N6O3. The lowest BCUT2D eigenvalue weighted by atomic mass is 10.2. The topological polar surface area (TPSA) is 135 Å². The van der Waals surface area contributed by atoms with Gasteiger partial charge in [0.1, 0.15) is 17.0 Å². The van der Waals surface area contributed by atoms with Crippen LogP contribution in [0.4, 0.5) is 5.95 Å². The smallest absolute Gasteiger partial charge is 0.284 e. The third-order valence-corrected chi connectivity index (χ3v) is 4.09. The molecule has 4 rings (SSSR count). The number of furan rings is 1. The molecule has 9 nitrogen and oxygen atoms in total. The molecule has 0 aliphatic heterocycles. The number of hydrogen-bond donors (Lipinski definition) is 2. The molecule has 0 spiro atoms. The predicted octanol–water partition coefficient (Wildman–Crippen LogP) is 1.82. The van der Waals surface area contributed by atoms with Crippen molar-refractivity contribution in [2.45, 2.75) is 6.54 Å². The van der Waals surface area contributed by atoms with Crippen molar-refractivity contribution in [3.63, 3.8) is 0 Å². The van der Waals surface area contributed by atoms with E-state index in [9.17, 15) is 4.79 Å². The second kappa shape index (κ2) is 6.45. The van der Waals surface area contributed by atoms with Gasteiger partial charge < -0.3 is 20.6 Å². The summed E-state index contributed by atoms with van der Waals surface area (Å²) in [6, 6.07) is 10.9. The number of primary amides is 1. The Balaban J connectivity index is 1.90. The van der Waals surface area contributed by atoms with Crippen molar-refractivity contribution in [3.05, 3.63) is 54.0 Å². The molecule has 0 aliphatic carbocycles. The molecule has 3 heterocycles. The van der Waals surface area contributed by atoms with Gasteiger partial charge in [-0.15, -0.1) is 0 Å². The van der Waals surface area contributed by atoms with Gasteiger partial charge in [-0.05, 0) is 29.8 Å². The Morgan fingerprint density at radius 3 is 2.59 bits per heavy atom. The minimum absolute atomic E-state index is 0.0424. The number of anilines is 1. The number of nitrogens with zero attached hydrogens (tertiary/aromatic N) is 4. The number of methoxy groups -OCH3 is 1. The lowest BCUT2D eigenvalue weighted by Crippen LogP contribution is -2.19. The first kappa shape index (κ1) is 16.6. The van der Waals surface area contributed by atoms with E-state index in [4.69, 9.17) is 20.6 Å². The van der Waals surface area contributed by atoms with E-state index < -0.39 is 5.91 Å². The molecule has 0 aliphatic rings. The molecule has 1 amide bonds. The standard InChI is InChI=1S/C18H16N6O3/c1-26-11-6-4-10(5-7-11)9-24-16-14(21-17(24)15(19)25)13(22-18(20)23-16)12-3-2-8-27-12/h2-8H,9H2,1H3,(H2,19,25)(H2,20,22,23). The first-order valence-corrected chi connectivity index (χ1v) is 8.07. The first-order chi connectivity index (χ1) is 13.1. The van der Waals surface area contributed by atoms with Crippen LogP contribution >= 0.6 is 0 Å². The molecule has 0 radical (unpaired) electrons. The number of rotatable bonds is 5. The Labute approximate surface area is 153 Å². The molecule has 136 valence electrons.